The van der Waals surface area contributed by atoms with E-state index in [1.165, 1.54) is 23.1 Å². The average Bonchev–Trinajstić information content (AvgIpc) is 3.33. The predicted molar refractivity (Wildman–Crippen MR) is 122 cm³/mol. The van der Waals surface area contributed by atoms with Gasteiger partial charge in [0.25, 0.3) is 5.56 Å². The number of rotatable bonds is 5. The Balaban J connectivity index is 1.43. The van der Waals surface area contributed by atoms with E-state index in [9.17, 15) is 9.59 Å². The van der Waals surface area contributed by atoms with Crippen molar-refractivity contribution < 1.29 is 9.21 Å². The molecule has 5 aromatic rings. The van der Waals surface area contributed by atoms with Crippen molar-refractivity contribution in [2.24, 2.45) is 0 Å². The Morgan fingerprint density at radius 2 is 1.90 bits per heavy atom. The Morgan fingerprint density at radius 3 is 2.70 bits per heavy atom. The summed E-state index contributed by atoms with van der Waals surface area (Å²) < 4.78 is 5.63. The van der Waals surface area contributed by atoms with Crippen LogP contribution < -0.4 is 5.56 Å². The zero-order valence-corrected chi connectivity index (χ0v) is 17.6. The molecule has 0 aliphatic rings. The molecule has 148 valence electrons. The third-order valence-corrected chi connectivity index (χ3v) is 6.69. The molecule has 0 aliphatic heterocycles. The van der Waals surface area contributed by atoms with E-state index in [0.717, 1.165) is 21.4 Å². The molecule has 0 saturated heterocycles. The molecule has 1 N–H and O–H groups in total. The van der Waals surface area contributed by atoms with Crippen molar-refractivity contribution in [2.75, 3.05) is 5.75 Å². The van der Waals surface area contributed by atoms with E-state index >= 15 is 0 Å². The number of furan rings is 1. The number of hydrogen-bond donors (Lipinski definition) is 1. The summed E-state index contributed by atoms with van der Waals surface area (Å²) in [5, 5.41) is 1.91. The first-order chi connectivity index (χ1) is 14.6. The van der Waals surface area contributed by atoms with Crippen LogP contribution in [0.25, 0.3) is 32.3 Å². The normalized spacial score (nSPS) is 11.4. The van der Waals surface area contributed by atoms with Crippen LogP contribution in [0, 0.1) is 6.92 Å². The second kappa shape index (κ2) is 7.59. The van der Waals surface area contributed by atoms with Crippen LogP contribution in [0.2, 0.25) is 0 Å². The summed E-state index contributed by atoms with van der Waals surface area (Å²) in [6.07, 6.45) is 0. The summed E-state index contributed by atoms with van der Waals surface area (Å²) in [4.78, 5) is 34.5. The number of Topliss-reactive ketones (excluding diaryl/α,β-unsaturated/α-hetero) is 1. The van der Waals surface area contributed by atoms with Gasteiger partial charge in [-0.3, -0.25) is 9.59 Å². The number of nitrogens with one attached hydrogen (secondary N) is 1. The Hall–Kier alpha value is -3.16. The molecule has 0 aliphatic carbocycles. The van der Waals surface area contributed by atoms with Crippen LogP contribution in [0.3, 0.4) is 0 Å². The number of nitrogens with zero attached hydrogens (tertiary/aromatic N) is 1. The lowest BCUT2D eigenvalue weighted by Crippen LogP contribution is -2.10. The van der Waals surface area contributed by atoms with Crippen LogP contribution in [-0.4, -0.2) is 21.5 Å². The number of benzene rings is 2. The van der Waals surface area contributed by atoms with Crippen molar-refractivity contribution in [1.82, 2.24) is 9.97 Å². The van der Waals surface area contributed by atoms with Crippen LogP contribution >= 0.6 is 23.1 Å². The number of H-pyrrole nitrogens is 1. The van der Waals surface area contributed by atoms with E-state index in [4.69, 9.17) is 4.42 Å². The molecule has 0 fully saturated rings. The summed E-state index contributed by atoms with van der Waals surface area (Å²) in [7, 11) is 0. The summed E-state index contributed by atoms with van der Waals surface area (Å²) in [5.74, 6) is 0.293. The molecular formula is C23H16N2O3S2. The number of aromatic amines is 1. The van der Waals surface area contributed by atoms with Crippen molar-refractivity contribution >= 4 is 50.1 Å². The van der Waals surface area contributed by atoms with Gasteiger partial charge >= 0.3 is 0 Å². The van der Waals surface area contributed by atoms with E-state index in [2.05, 4.69) is 9.97 Å². The fourth-order valence-electron chi connectivity index (χ4n) is 3.44. The van der Waals surface area contributed by atoms with Gasteiger partial charge < -0.3 is 9.40 Å². The van der Waals surface area contributed by atoms with Crippen LogP contribution in [0.5, 0.6) is 0 Å². The summed E-state index contributed by atoms with van der Waals surface area (Å²) in [5.41, 5.74) is 2.40. The van der Waals surface area contributed by atoms with Gasteiger partial charge in [-0.05, 0) is 24.6 Å². The number of thiophene rings is 1. The predicted octanol–water partition coefficient (Wildman–Crippen LogP) is 5.68. The molecule has 0 spiro atoms. The van der Waals surface area contributed by atoms with Gasteiger partial charge in [-0.25, -0.2) is 4.98 Å². The lowest BCUT2D eigenvalue weighted by molar-refractivity contribution is 0.0994. The van der Waals surface area contributed by atoms with Crippen molar-refractivity contribution in [1.29, 1.82) is 0 Å². The number of fused-ring (bicyclic) bond motifs is 2. The number of carbonyl (C=O) groups excluding carboxylic acids is 1. The Kier molecular flexibility index (Phi) is 4.77. The molecule has 3 heterocycles. The molecule has 30 heavy (non-hydrogen) atoms. The molecule has 5 rings (SSSR count). The summed E-state index contributed by atoms with van der Waals surface area (Å²) >= 11 is 2.69. The van der Waals surface area contributed by atoms with E-state index < -0.39 is 0 Å². The monoisotopic (exact) mass is 432 g/mol. The van der Waals surface area contributed by atoms with Crippen molar-refractivity contribution in [3.05, 3.63) is 81.7 Å². The highest BCUT2D eigenvalue weighted by Gasteiger charge is 2.18. The lowest BCUT2D eigenvalue weighted by Gasteiger charge is -2.02. The van der Waals surface area contributed by atoms with Gasteiger partial charge in [0.05, 0.1) is 11.1 Å². The second-order valence-electron chi connectivity index (χ2n) is 6.81. The van der Waals surface area contributed by atoms with Crippen LogP contribution in [0.1, 0.15) is 15.4 Å². The summed E-state index contributed by atoms with van der Waals surface area (Å²) in [6.45, 7) is 1.99. The molecule has 0 bridgehead atoms. The topological polar surface area (TPSA) is 76.0 Å². The van der Waals surface area contributed by atoms with Crippen LogP contribution in [0.4, 0.5) is 0 Å². The number of thioether (sulfide) groups is 1. The van der Waals surface area contributed by atoms with E-state index in [0.29, 0.717) is 26.7 Å². The fraction of sp³-hybridized carbons (Fsp3) is 0.0870. The Bertz CT molecular complexity index is 1420. The first kappa shape index (κ1) is 18.8. The third kappa shape index (κ3) is 3.36. The molecule has 0 unspecified atom stereocenters. The standard InChI is InChI=1S/C23H16N2O3S2/c1-13-19(14-7-3-2-4-8-14)20-21(27)24-23(25-22(20)30-13)29-12-16(26)18-11-15-9-5-6-10-17(15)28-18/h2-11H,12H2,1H3,(H,24,25,27). The number of carbonyl (C=O) groups is 1. The summed E-state index contributed by atoms with van der Waals surface area (Å²) in [6, 6.07) is 19.1. The van der Waals surface area contributed by atoms with Gasteiger partial charge in [0.15, 0.2) is 10.9 Å². The zero-order chi connectivity index (χ0) is 20.7. The largest absolute Gasteiger partial charge is 0.453 e. The van der Waals surface area contributed by atoms with E-state index in [-0.39, 0.29) is 17.1 Å². The number of aromatic nitrogens is 2. The minimum Gasteiger partial charge on any atom is -0.453 e. The molecule has 0 atom stereocenters. The van der Waals surface area contributed by atoms with Gasteiger partial charge in [0.2, 0.25) is 5.78 Å². The average molecular weight is 433 g/mol. The van der Waals surface area contributed by atoms with E-state index in [1.54, 1.807) is 6.07 Å². The van der Waals surface area contributed by atoms with E-state index in [1.807, 2.05) is 61.5 Å². The van der Waals surface area contributed by atoms with Gasteiger partial charge in [0.1, 0.15) is 10.4 Å². The number of ketones is 1. The first-order valence-electron chi connectivity index (χ1n) is 9.33. The maximum Gasteiger partial charge on any atom is 0.260 e. The van der Waals surface area contributed by atoms with Gasteiger partial charge in [-0.15, -0.1) is 11.3 Å². The minimum atomic E-state index is -0.193. The van der Waals surface area contributed by atoms with Crippen molar-refractivity contribution in [3.63, 3.8) is 0 Å². The number of para-hydroxylation sites is 1. The highest BCUT2D eigenvalue weighted by molar-refractivity contribution is 7.99. The molecule has 0 radical (unpaired) electrons. The quantitative estimate of drug-likeness (QED) is 0.220. The molecule has 3 aromatic heterocycles. The maximum absolute atomic E-state index is 12.8. The third-order valence-electron chi connectivity index (χ3n) is 4.82. The lowest BCUT2D eigenvalue weighted by atomic mass is 10.0. The van der Waals surface area contributed by atoms with Crippen LogP contribution in [0.15, 0.2) is 75.0 Å². The highest BCUT2D eigenvalue weighted by atomic mass is 32.2. The zero-order valence-electron chi connectivity index (χ0n) is 16.0. The van der Waals surface area contributed by atoms with Crippen LogP contribution in [-0.2, 0) is 0 Å². The molecule has 0 saturated carbocycles. The van der Waals surface area contributed by atoms with Gasteiger partial charge in [-0.2, -0.15) is 0 Å². The molecule has 5 nitrogen and oxygen atoms in total. The fourth-order valence-corrected chi connectivity index (χ4v) is 5.28. The maximum atomic E-state index is 12.8. The molecule has 0 amide bonds. The van der Waals surface area contributed by atoms with Gasteiger partial charge in [-0.1, -0.05) is 60.3 Å². The molecular weight excluding hydrogens is 416 g/mol. The smallest absolute Gasteiger partial charge is 0.260 e. The Morgan fingerprint density at radius 1 is 1.13 bits per heavy atom. The van der Waals surface area contributed by atoms with Crippen molar-refractivity contribution in [3.8, 4) is 11.1 Å². The minimum absolute atomic E-state index is 0.129. The second-order valence-corrected chi connectivity index (χ2v) is 8.98. The number of aryl methyl sites for hydroxylation is 1. The molecule has 2 aromatic carbocycles. The van der Waals surface area contributed by atoms with Crippen molar-refractivity contribution in [2.45, 2.75) is 12.1 Å². The number of hydrogen-bond acceptors (Lipinski definition) is 6. The first-order valence-corrected chi connectivity index (χ1v) is 11.1. The van der Waals surface area contributed by atoms with Gasteiger partial charge in [0, 0.05) is 15.8 Å². The molecule has 7 heteroatoms. The highest BCUT2D eigenvalue weighted by Crippen LogP contribution is 2.36. The Labute approximate surface area is 179 Å². The SMILES string of the molecule is Cc1sc2nc(SCC(=O)c3cc4ccccc4o3)[nH]c(=O)c2c1-c1ccccc1.